The van der Waals surface area contributed by atoms with Crippen LogP contribution in [0.15, 0.2) is 249 Å². The summed E-state index contributed by atoms with van der Waals surface area (Å²) >= 11 is 0. The highest BCUT2D eigenvalue weighted by Gasteiger charge is 2.53. The molecule has 1 atom stereocenters. The van der Waals surface area contributed by atoms with E-state index in [4.69, 9.17) is 0 Å². The minimum Gasteiger partial charge on any atom is -0.310 e. The molecule has 1 heteroatoms. The molecule has 0 saturated carbocycles. The summed E-state index contributed by atoms with van der Waals surface area (Å²) in [6.07, 6.45) is 0. The second-order valence-electron chi connectivity index (χ2n) is 16.4. The van der Waals surface area contributed by atoms with E-state index in [0.29, 0.717) is 0 Å². The number of fused-ring (bicyclic) bond motifs is 10. The van der Waals surface area contributed by atoms with E-state index in [2.05, 4.69) is 254 Å². The predicted octanol–water partition coefficient (Wildman–Crippen LogP) is 16.2. The van der Waals surface area contributed by atoms with Crippen molar-refractivity contribution in [2.75, 3.05) is 4.90 Å². The van der Waals surface area contributed by atoms with E-state index >= 15 is 0 Å². The number of benzene rings is 10. The standard InChI is InChI=1S/C61H41N/c1-5-17-42(18-6-1)45-31-36-49(37-32-45)62(50-38-33-46(34-39-50)43-19-7-2-8-20-43)58-30-16-29-56-60(58)53-40-35-48(44-21-9-3-10-22-44)41-57(53)61(56)54-27-14-13-25-52(54)59-51(26-15-28-55(59)61)47-23-11-4-12-24-47/h1-41H. The Labute approximate surface area is 363 Å². The lowest BCUT2D eigenvalue weighted by Gasteiger charge is -2.32. The molecule has 1 unspecified atom stereocenters. The second-order valence-corrected chi connectivity index (χ2v) is 16.4. The summed E-state index contributed by atoms with van der Waals surface area (Å²) < 4.78 is 0. The Morgan fingerprint density at radius 1 is 0.242 bits per heavy atom. The lowest BCUT2D eigenvalue weighted by atomic mass is 9.70. The minimum absolute atomic E-state index is 0.553. The maximum absolute atomic E-state index is 2.49. The van der Waals surface area contributed by atoms with Crippen LogP contribution in [-0.4, -0.2) is 0 Å². The van der Waals surface area contributed by atoms with Gasteiger partial charge in [-0.1, -0.05) is 212 Å². The van der Waals surface area contributed by atoms with Crippen LogP contribution in [0.2, 0.25) is 0 Å². The summed E-state index contributed by atoms with van der Waals surface area (Å²) in [4.78, 5) is 2.47. The Balaban J connectivity index is 1.14. The van der Waals surface area contributed by atoms with Gasteiger partial charge in [-0.15, -0.1) is 0 Å². The molecule has 290 valence electrons. The Kier molecular flexibility index (Phi) is 8.47. The quantitative estimate of drug-likeness (QED) is 0.155. The lowest BCUT2D eigenvalue weighted by molar-refractivity contribution is 0.794. The Bertz CT molecular complexity index is 3160. The summed E-state index contributed by atoms with van der Waals surface area (Å²) in [6, 6.07) is 91.5. The van der Waals surface area contributed by atoms with Gasteiger partial charge in [0.15, 0.2) is 0 Å². The molecule has 12 rings (SSSR count). The van der Waals surface area contributed by atoms with Gasteiger partial charge in [0.25, 0.3) is 0 Å². The molecule has 0 N–H and O–H groups in total. The molecule has 0 fully saturated rings. The van der Waals surface area contributed by atoms with Gasteiger partial charge in [0.1, 0.15) is 0 Å². The first kappa shape index (κ1) is 35.9. The molecular weight excluding hydrogens is 747 g/mol. The van der Waals surface area contributed by atoms with Crippen molar-refractivity contribution >= 4 is 17.1 Å². The van der Waals surface area contributed by atoms with Crippen LogP contribution in [0.25, 0.3) is 66.8 Å². The molecule has 0 heterocycles. The van der Waals surface area contributed by atoms with Crippen molar-refractivity contribution in [3.8, 4) is 66.8 Å². The zero-order valence-electron chi connectivity index (χ0n) is 34.1. The fourth-order valence-electron chi connectivity index (χ4n) is 10.4. The van der Waals surface area contributed by atoms with Gasteiger partial charge >= 0.3 is 0 Å². The van der Waals surface area contributed by atoms with Crippen molar-refractivity contribution in [2.45, 2.75) is 5.41 Å². The minimum atomic E-state index is -0.553. The fourth-order valence-corrected chi connectivity index (χ4v) is 10.4. The van der Waals surface area contributed by atoms with Gasteiger partial charge < -0.3 is 4.90 Å². The molecule has 0 amide bonds. The van der Waals surface area contributed by atoms with Crippen molar-refractivity contribution in [1.82, 2.24) is 0 Å². The van der Waals surface area contributed by atoms with Crippen LogP contribution >= 0.6 is 0 Å². The van der Waals surface area contributed by atoms with E-state index in [1.165, 1.54) is 89.0 Å². The molecule has 10 aromatic rings. The van der Waals surface area contributed by atoms with E-state index in [0.717, 1.165) is 17.1 Å². The molecule has 0 aromatic heterocycles. The fraction of sp³-hybridized carbons (Fsp3) is 0.0164. The third-order valence-corrected chi connectivity index (χ3v) is 13.1. The van der Waals surface area contributed by atoms with E-state index in [1.54, 1.807) is 0 Å². The highest BCUT2D eigenvalue weighted by molar-refractivity contribution is 6.04. The number of nitrogens with zero attached hydrogens (tertiary/aromatic N) is 1. The number of hydrogen-bond donors (Lipinski definition) is 0. The molecule has 62 heavy (non-hydrogen) atoms. The Hall–Kier alpha value is -8.00. The van der Waals surface area contributed by atoms with Crippen molar-refractivity contribution in [3.05, 3.63) is 271 Å². The van der Waals surface area contributed by atoms with Crippen molar-refractivity contribution < 1.29 is 0 Å². The first-order chi connectivity index (χ1) is 30.8. The van der Waals surface area contributed by atoms with E-state index in [9.17, 15) is 0 Å². The monoisotopic (exact) mass is 787 g/mol. The maximum atomic E-state index is 2.49. The predicted molar refractivity (Wildman–Crippen MR) is 259 cm³/mol. The smallest absolute Gasteiger partial charge is 0.0726 e. The van der Waals surface area contributed by atoms with Crippen molar-refractivity contribution in [2.24, 2.45) is 0 Å². The SMILES string of the molecule is c1ccc(-c2ccc(N(c3ccc(-c4ccccc4)cc3)c3cccc4c3-c3ccc(-c5ccccc5)cc3C43c4ccccc4-c4c(-c5ccccc5)cccc43)cc2)cc1. The zero-order chi connectivity index (χ0) is 41.0. The normalized spacial score (nSPS) is 14.2. The zero-order valence-corrected chi connectivity index (χ0v) is 34.1. The van der Waals surface area contributed by atoms with Crippen LogP contribution in [0.4, 0.5) is 17.1 Å². The van der Waals surface area contributed by atoms with Crippen LogP contribution in [0, 0.1) is 0 Å². The number of anilines is 3. The summed E-state index contributed by atoms with van der Waals surface area (Å²) in [7, 11) is 0. The van der Waals surface area contributed by atoms with Crippen molar-refractivity contribution in [3.63, 3.8) is 0 Å². The van der Waals surface area contributed by atoms with Crippen molar-refractivity contribution in [1.29, 1.82) is 0 Å². The average Bonchev–Trinajstić information content (AvgIpc) is 3.83. The number of rotatable bonds is 7. The van der Waals surface area contributed by atoms with Crippen LogP contribution in [0.5, 0.6) is 0 Å². The summed E-state index contributed by atoms with van der Waals surface area (Å²) in [5.41, 5.74) is 22.9. The van der Waals surface area contributed by atoms with Crippen LogP contribution < -0.4 is 4.90 Å². The lowest BCUT2D eigenvalue weighted by Crippen LogP contribution is -2.26. The Morgan fingerprint density at radius 2 is 0.645 bits per heavy atom. The van der Waals surface area contributed by atoms with Gasteiger partial charge in [-0.2, -0.15) is 0 Å². The third-order valence-electron chi connectivity index (χ3n) is 13.1. The molecule has 2 aliphatic carbocycles. The van der Waals surface area contributed by atoms with Crippen LogP contribution in [0.3, 0.4) is 0 Å². The molecular formula is C61H41N. The first-order valence-electron chi connectivity index (χ1n) is 21.5. The van der Waals surface area contributed by atoms with Gasteiger partial charge in [-0.05, 0) is 120 Å². The topological polar surface area (TPSA) is 3.24 Å². The molecule has 10 aromatic carbocycles. The van der Waals surface area contributed by atoms with E-state index in [-0.39, 0.29) is 0 Å². The highest BCUT2D eigenvalue weighted by Crippen LogP contribution is 2.66. The van der Waals surface area contributed by atoms with Crippen LogP contribution in [0.1, 0.15) is 22.3 Å². The number of hydrogen-bond acceptors (Lipinski definition) is 1. The second kappa shape index (κ2) is 14.6. The molecule has 0 saturated heterocycles. The Morgan fingerprint density at radius 3 is 1.23 bits per heavy atom. The molecule has 0 radical (unpaired) electrons. The van der Waals surface area contributed by atoms with E-state index in [1.807, 2.05) is 0 Å². The van der Waals surface area contributed by atoms with Gasteiger partial charge in [-0.25, -0.2) is 0 Å². The molecule has 1 spiro atoms. The molecule has 0 aliphatic heterocycles. The summed E-state index contributed by atoms with van der Waals surface area (Å²) in [5, 5.41) is 0. The van der Waals surface area contributed by atoms with E-state index < -0.39 is 5.41 Å². The maximum Gasteiger partial charge on any atom is 0.0726 e. The average molecular weight is 788 g/mol. The largest absolute Gasteiger partial charge is 0.310 e. The van der Waals surface area contributed by atoms with Gasteiger partial charge in [-0.3, -0.25) is 0 Å². The molecule has 1 nitrogen and oxygen atoms in total. The van der Waals surface area contributed by atoms with Gasteiger partial charge in [0, 0.05) is 16.9 Å². The van der Waals surface area contributed by atoms with Crippen LogP contribution in [-0.2, 0) is 5.41 Å². The first-order valence-corrected chi connectivity index (χ1v) is 21.5. The highest BCUT2D eigenvalue weighted by atomic mass is 15.1. The van der Waals surface area contributed by atoms with Gasteiger partial charge in [0.05, 0.1) is 11.1 Å². The van der Waals surface area contributed by atoms with Gasteiger partial charge in [0.2, 0.25) is 0 Å². The molecule has 0 bridgehead atoms. The third kappa shape index (κ3) is 5.56. The summed E-state index contributed by atoms with van der Waals surface area (Å²) in [6.45, 7) is 0. The summed E-state index contributed by atoms with van der Waals surface area (Å²) in [5.74, 6) is 0. The molecule has 2 aliphatic rings.